The second-order valence-corrected chi connectivity index (χ2v) is 10.4. The average Bonchev–Trinajstić information content (AvgIpc) is 3.01. The fourth-order valence-electron chi connectivity index (χ4n) is 4.32. The lowest BCUT2D eigenvalue weighted by atomic mass is 9.78. The molecule has 2 saturated heterocycles. The maximum absolute atomic E-state index is 12.1. The Kier molecular flexibility index (Phi) is 8.90. The monoisotopic (exact) mass is 534 g/mol. The molecule has 0 N–H and O–H groups in total. The van der Waals surface area contributed by atoms with Gasteiger partial charge in [0.15, 0.2) is 18.3 Å². The summed E-state index contributed by atoms with van der Waals surface area (Å²) in [6.45, 7) is 12.3. The molecule has 0 saturated carbocycles. The minimum atomic E-state index is -1.23. The largest absolute Gasteiger partial charge is 0.494 e. The quantitative estimate of drug-likeness (QED) is 0.288. The van der Waals surface area contributed by atoms with Gasteiger partial charge in [-0.25, -0.2) is 0 Å². The molecule has 1 aromatic rings. The first-order valence-corrected chi connectivity index (χ1v) is 12.4. The van der Waals surface area contributed by atoms with Crippen molar-refractivity contribution in [2.24, 2.45) is 0 Å². The fourth-order valence-corrected chi connectivity index (χ4v) is 4.32. The molecule has 0 aromatic heterocycles. The number of esters is 4. The van der Waals surface area contributed by atoms with Gasteiger partial charge >= 0.3 is 31.0 Å². The second-order valence-electron chi connectivity index (χ2n) is 10.4. The molecular formula is C26H35BO11. The van der Waals surface area contributed by atoms with E-state index in [1.54, 1.807) is 24.3 Å². The van der Waals surface area contributed by atoms with Crippen molar-refractivity contribution < 1.29 is 52.2 Å². The first-order chi connectivity index (χ1) is 17.6. The van der Waals surface area contributed by atoms with Crippen LogP contribution < -0.4 is 5.46 Å². The third-order valence-corrected chi connectivity index (χ3v) is 6.78. The fraction of sp³-hybridized carbons (Fsp3) is 0.615. The van der Waals surface area contributed by atoms with Gasteiger partial charge in [0.1, 0.15) is 18.8 Å². The van der Waals surface area contributed by atoms with Crippen LogP contribution in [-0.2, 0) is 52.2 Å². The van der Waals surface area contributed by atoms with E-state index in [0.717, 1.165) is 5.46 Å². The van der Waals surface area contributed by atoms with E-state index in [0.29, 0.717) is 5.56 Å². The Labute approximate surface area is 222 Å². The molecule has 11 nitrogen and oxygen atoms in total. The molecule has 0 aliphatic carbocycles. The summed E-state index contributed by atoms with van der Waals surface area (Å²) in [6, 6.07) is 7.10. The first kappa shape index (κ1) is 29.6. The zero-order chi connectivity index (χ0) is 28.4. The van der Waals surface area contributed by atoms with Crippen LogP contribution in [0.4, 0.5) is 0 Å². The molecule has 208 valence electrons. The third kappa shape index (κ3) is 6.72. The van der Waals surface area contributed by atoms with Gasteiger partial charge in [-0.2, -0.15) is 0 Å². The highest BCUT2D eigenvalue weighted by molar-refractivity contribution is 6.62. The molecule has 2 aliphatic rings. The van der Waals surface area contributed by atoms with Crippen LogP contribution in [-0.4, -0.2) is 73.2 Å². The van der Waals surface area contributed by atoms with Crippen molar-refractivity contribution in [1.82, 2.24) is 0 Å². The van der Waals surface area contributed by atoms with Crippen LogP contribution in [0.5, 0.6) is 0 Å². The molecule has 2 heterocycles. The highest BCUT2D eigenvalue weighted by Crippen LogP contribution is 2.39. The lowest BCUT2D eigenvalue weighted by Gasteiger charge is -2.44. The van der Waals surface area contributed by atoms with E-state index in [2.05, 4.69) is 0 Å². The Morgan fingerprint density at radius 1 is 0.737 bits per heavy atom. The van der Waals surface area contributed by atoms with Crippen LogP contribution in [0.2, 0.25) is 0 Å². The van der Waals surface area contributed by atoms with Crippen LogP contribution in [0.25, 0.3) is 0 Å². The van der Waals surface area contributed by atoms with Gasteiger partial charge in [0.25, 0.3) is 0 Å². The van der Waals surface area contributed by atoms with Gasteiger partial charge < -0.3 is 33.0 Å². The number of rotatable bonds is 7. The zero-order valence-electron chi connectivity index (χ0n) is 23.0. The SMILES string of the molecule is CC(=O)OCC1O[C@@H](c2ccc(B3OC(C)(C)C(C)(C)O3)cc2)C(OC(C)=O)C(OC(C)=O)[C@@H]1OC(C)=O. The Bertz CT molecular complexity index is 1040. The maximum Gasteiger partial charge on any atom is 0.494 e. The number of carbonyl (C=O) groups is 4. The van der Waals surface area contributed by atoms with Crippen LogP contribution in [0, 0.1) is 0 Å². The van der Waals surface area contributed by atoms with E-state index < -0.39 is 72.7 Å². The molecule has 0 radical (unpaired) electrons. The number of hydrogen-bond donors (Lipinski definition) is 0. The molecule has 38 heavy (non-hydrogen) atoms. The van der Waals surface area contributed by atoms with Crippen LogP contribution in [0.3, 0.4) is 0 Å². The highest BCUT2D eigenvalue weighted by atomic mass is 16.7. The summed E-state index contributed by atoms with van der Waals surface area (Å²) in [5, 5.41) is 0. The molecule has 0 bridgehead atoms. The normalized spacial score (nSPS) is 27.8. The lowest BCUT2D eigenvalue weighted by molar-refractivity contribution is -0.254. The third-order valence-electron chi connectivity index (χ3n) is 6.78. The summed E-state index contributed by atoms with van der Waals surface area (Å²) in [5.74, 6) is -2.61. The predicted molar refractivity (Wildman–Crippen MR) is 133 cm³/mol. The molecule has 3 rings (SSSR count). The minimum absolute atomic E-state index is 0.291. The predicted octanol–water partition coefficient (Wildman–Crippen LogP) is 1.78. The summed E-state index contributed by atoms with van der Waals surface area (Å²) in [7, 11) is -0.593. The number of benzene rings is 1. The van der Waals surface area contributed by atoms with Crippen molar-refractivity contribution in [3.8, 4) is 0 Å². The van der Waals surface area contributed by atoms with Gasteiger partial charge in [0.2, 0.25) is 0 Å². The molecule has 0 spiro atoms. The lowest BCUT2D eigenvalue weighted by Crippen LogP contribution is -2.59. The van der Waals surface area contributed by atoms with Crippen molar-refractivity contribution in [3.05, 3.63) is 29.8 Å². The Hall–Kier alpha value is -2.96. The molecule has 2 aliphatic heterocycles. The number of carbonyl (C=O) groups excluding carboxylic acids is 4. The molecule has 0 amide bonds. The van der Waals surface area contributed by atoms with Crippen LogP contribution >= 0.6 is 0 Å². The number of hydrogen-bond acceptors (Lipinski definition) is 11. The van der Waals surface area contributed by atoms with Gasteiger partial charge in [-0.1, -0.05) is 24.3 Å². The van der Waals surface area contributed by atoms with E-state index in [1.165, 1.54) is 27.7 Å². The van der Waals surface area contributed by atoms with Crippen molar-refractivity contribution in [1.29, 1.82) is 0 Å². The summed E-state index contributed by atoms with van der Waals surface area (Å²) >= 11 is 0. The van der Waals surface area contributed by atoms with Crippen molar-refractivity contribution in [3.63, 3.8) is 0 Å². The maximum atomic E-state index is 12.1. The Morgan fingerprint density at radius 2 is 1.21 bits per heavy atom. The summed E-state index contributed by atoms with van der Waals surface area (Å²) in [6.07, 6.45) is -5.59. The molecular weight excluding hydrogens is 499 g/mol. The number of ether oxygens (including phenoxy) is 5. The first-order valence-electron chi connectivity index (χ1n) is 12.4. The van der Waals surface area contributed by atoms with Gasteiger partial charge in [-0.3, -0.25) is 19.2 Å². The molecule has 3 unspecified atom stereocenters. The van der Waals surface area contributed by atoms with Gasteiger partial charge in [0.05, 0.1) is 11.2 Å². The van der Waals surface area contributed by atoms with Crippen molar-refractivity contribution >= 4 is 36.5 Å². The molecule has 5 atom stereocenters. The molecule has 1 aromatic carbocycles. The van der Waals surface area contributed by atoms with E-state index in [1.807, 2.05) is 27.7 Å². The molecule has 12 heteroatoms. The second kappa shape index (κ2) is 11.4. The van der Waals surface area contributed by atoms with Gasteiger partial charge in [-0.15, -0.1) is 0 Å². The van der Waals surface area contributed by atoms with Crippen molar-refractivity contribution in [2.75, 3.05) is 6.61 Å². The summed E-state index contributed by atoms with van der Waals surface area (Å²) in [4.78, 5) is 47.5. The smallest absolute Gasteiger partial charge is 0.463 e. The highest BCUT2D eigenvalue weighted by Gasteiger charge is 2.53. The average molecular weight is 534 g/mol. The van der Waals surface area contributed by atoms with E-state index >= 15 is 0 Å². The Balaban J connectivity index is 1.98. The standard InChI is InChI=1S/C26H35BO11/c1-14(28)32-13-20-22(33-15(2)29)24(35-17(4)31)23(34-16(3)30)21(36-20)18-9-11-19(12-10-18)27-37-25(5,6)26(7,8)38-27/h9-12,20-24H,13H2,1-8H3/t20?,21-,22+,23?,24?/m0/s1. The molecule has 2 fully saturated rings. The van der Waals surface area contributed by atoms with Gasteiger partial charge in [-0.05, 0) is 38.7 Å². The summed E-state index contributed by atoms with van der Waals surface area (Å²) < 4.78 is 40.0. The van der Waals surface area contributed by atoms with E-state index in [9.17, 15) is 19.2 Å². The van der Waals surface area contributed by atoms with Gasteiger partial charge in [0, 0.05) is 27.7 Å². The minimum Gasteiger partial charge on any atom is -0.463 e. The van der Waals surface area contributed by atoms with Crippen LogP contribution in [0.1, 0.15) is 67.1 Å². The topological polar surface area (TPSA) is 133 Å². The van der Waals surface area contributed by atoms with Crippen molar-refractivity contribution in [2.45, 2.75) is 97.1 Å². The van der Waals surface area contributed by atoms with E-state index in [-0.39, 0.29) is 6.61 Å². The zero-order valence-corrected chi connectivity index (χ0v) is 23.0. The van der Waals surface area contributed by atoms with E-state index in [4.69, 9.17) is 33.0 Å². The van der Waals surface area contributed by atoms with Crippen LogP contribution in [0.15, 0.2) is 24.3 Å². The summed E-state index contributed by atoms with van der Waals surface area (Å²) in [5.41, 5.74) is 0.299. The Morgan fingerprint density at radius 3 is 1.68 bits per heavy atom.